The molecule has 0 amide bonds. The van der Waals surface area contributed by atoms with Crippen LogP contribution in [0.4, 0.5) is 0 Å². The molecule has 0 fully saturated rings. The first-order valence-corrected chi connectivity index (χ1v) is 12.2. The molecule has 4 nitrogen and oxygen atoms in total. The molecule has 188 valence electrons. The molecule has 0 N–H and O–H groups in total. The largest absolute Gasteiger partial charge is 0.427 e. The molecule has 0 radical (unpaired) electrons. The van der Waals surface area contributed by atoms with Crippen molar-refractivity contribution in [3.05, 3.63) is 130 Å². The molecular weight excluding hydrogens is 484 g/mol. The van der Waals surface area contributed by atoms with Crippen LogP contribution in [0, 0.1) is 42.4 Å². The summed E-state index contributed by atoms with van der Waals surface area (Å²) >= 11 is 0. The highest BCUT2D eigenvalue weighted by molar-refractivity contribution is 5.69. The first-order valence-electron chi connectivity index (χ1n) is 12.2. The number of aryl methyl sites for hydroxylation is 1. The van der Waals surface area contributed by atoms with Crippen LogP contribution in [0.15, 0.2) is 91.0 Å². The maximum atomic E-state index is 11.1. The lowest BCUT2D eigenvalue weighted by molar-refractivity contribution is -0.132. The van der Waals surface area contributed by atoms with Gasteiger partial charge in [0.25, 0.3) is 0 Å². The molecule has 0 saturated heterocycles. The molecule has 0 atom stereocenters. The van der Waals surface area contributed by atoms with Crippen molar-refractivity contribution >= 4 is 11.9 Å². The first-order chi connectivity index (χ1) is 18.8. The van der Waals surface area contributed by atoms with Gasteiger partial charge in [0.15, 0.2) is 0 Å². The van der Waals surface area contributed by atoms with Crippen molar-refractivity contribution in [2.24, 2.45) is 0 Å². The Labute approximate surface area is 228 Å². The van der Waals surface area contributed by atoms with Crippen LogP contribution in [0.25, 0.3) is 0 Å². The fourth-order valence-electron chi connectivity index (χ4n) is 3.46. The van der Waals surface area contributed by atoms with E-state index in [1.165, 1.54) is 19.4 Å². The van der Waals surface area contributed by atoms with E-state index in [1.54, 1.807) is 48.5 Å². The van der Waals surface area contributed by atoms with E-state index in [9.17, 15) is 9.59 Å². The summed E-state index contributed by atoms with van der Waals surface area (Å²) in [6.07, 6.45) is 0. The lowest BCUT2D eigenvalue weighted by Crippen LogP contribution is -2.00. The molecule has 0 aliphatic carbocycles. The molecule has 0 saturated carbocycles. The molecule has 39 heavy (non-hydrogen) atoms. The predicted octanol–water partition coefficient (Wildman–Crippen LogP) is 6.05. The third-order valence-corrected chi connectivity index (χ3v) is 5.27. The summed E-state index contributed by atoms with van der Waals surface area (Å²) in [6, 6.07) is 27.8. The highest BCUT2D eigenvalue weighted by Crippen LogP contribution is 2.14. The molecule has 0 aromatic heterocycles. The monoisotopic (exact) mass is 508 g/mol. The van der Waals surface area contributed by atoms with E-state index in [4.69, 9.17) is 9.47 Å². The number of esters is 2. The Hall–Kier alpha value is -5.50. The van der Waals surface area contributed by atoms with Gasteiger partial charge in [-0.25, -0.2) is 0 Å². The second-order valence-corrected chi connectivity index (χ2v) is 8.65. The minimum absolute atomic E-state index is 0.369. The maximum Gasteiger partial charge on any atom is 0.308 e. The lowest BCUT2D eigenvalue weighted by atomic mass is 10.0. The van der Waals surface area contributed by atoms with Gasteiger partial charge >= 0.3 is 11.9 Å². The quantitative estimate of drug-likeness (QED) is 0.188. The van der Waals surface area contributed by atoms with Crippen LogP contribution in [-0.4, -0.2) is 11.9 Å². The number of benzene rings is 4. The number of carbonyl (C=O) groups excluding carboxylic acids is 2. The smallest absolute Gasteiger partial charge is 0.308 e. The molecule has 0 unspecified atom stereocenters. The first kappa shape index (κ1) is 26.6. The number of hydrogen-bond acceptors (Lipinski definition) is 4. The van der Waals surface area contributed by atoms with Crippen LogP contribution in [0.5, 0.6) is 11.5 Å². The van der Waals surface area contributed by atoms with Crippen molar-refractivity contribution in [3.63, 3.8) is 0 Å². The van der Waals surface area contributed by atoms with Crippen molar-refractivity contribution in [2.75, 3.05) is 0 Å². The molecule has 4 rings (SSSR count). The van der Waals surface area contributed by atoms with E-state index in [0.717, 1.165) is 33.4 Å². The van der Waals surface area contributed by atoms with Crippen molar-refractivity contribution in [1.82, 2.24) is 0 Å². The van der Waals surface area contributed by atoms with Gasteiger partial charge in [-0.2, -0.15) is 0 Å². The number of carbonyl (C=O) groups is 2. The zero-order valence-electron chi connectivity index (χ0n) is 21.8. The van der Waals surface area contributed by atoms with Gasteiger partial charge in [-0.05, 0) is 85.8 Å². The number of ether oxygens (including phenoxy) is 2. The fourth-order valence-corrected chi connectivity index (χ4v) is 3.46. The molecule has 4 aromatic rings. The minimum Gasteiger partial charge on any atom is -0.427 e. The van der Waals surface area contributed by atoms with Crippen molar-refractivity contribution in [3.8, 4) is 47.0 Å². The van der Waals surface area contributed by atoms with Gasteiger partial charge in [0.2, 0.25) is 0 Å². The standard InChI is InChI=1S/C35H24O4/c1-25-4-6-28(7-5-25)8-11-31-22-32(12-9-29-14-18-34(19-15-29)38-26(2)36)24-33(23-31)13-10-30-16-20-35(21-17-30)39-27(3)37/h4-7,14-24H,1-3H3. The second-order valence-electron chi connectivity index (χ2n) is 8.65. The number of hydrogen-bond donors (Lipinski definition) is 0. The van der Waals surface area contributed by atoms with Crippen LogP contribution in [0.1, 0.15) is 52.8 Å². The van der Waals surface area contributed by atoms with Gasteiger partial charge in [-0.15, -0.1) is 0 Å². The zero-order chi connectivity index (χ0) is 27.6. The SMILES string of the molecule is CC(=O)Oc1ccc(C#Cc2cc(C#Cc3ccc(C)cc3)cc(C#Cc3ccc(OC(C)=O)cc3)c2)cc1. The molecule has 0 bridgehead atoms. The Morgan fingerprint density at radius 1 is 0.462 bits per heavy atom. The summed E-state index contributed by atoms with van der Waals surface area (Å²) in [5, 5.41) is 0. The molecular formula is C35H24O4. The van der Waals surface area contributed by atoms with Crippen molar-refractivity contribution in [2.45, 2.75) is 20.8 Å². The Bertz CT molecular complexity index is 1600. The van der Waals surface area contributed by atoms with Crippen LogP contribution in [-0.2, 0) is 9.59 Å². The average Bonchev–Trinajstić information content (AvgIpc) is 2.91. The fraction of sp³-hybridized carbons (Fsp3) is 0.0857. The summed E-state index contributed by atoms with van der Waals surface area (Å²) in [4.78, 5) is 22.3. The number of rotatable bonds is 2. The predicted molar refractivity (Wildman–Crippen MR) is 151 cm³/mol. The Kier molecular flexibility index (Phi) is 8.61. The van der Waals surface area contributed by atoms with Gasteiger partial charge in [-0.3, -0.25) is 9.59 Å². The Morgan fingerprint density at radius 2 is 0.744 bits per heavy atom. The molecule has 0 aliphatic rings. The second kappa shape index (κ2) is 12.6. The van der Waals surface area contributed by atoms with Crippen LogP contribution in [0.2, 0.25) is 0 Å². The van der Waals surface area contributed by atoms with Crippen LogP contribution in [0.3, 0.4) is 0 Å². The molecule has 0 heterocycles. The average molecular weight is 509 g/mol. The summed E-state index contributed by atoms with van der Waals surface area (Å²) in [5.74, 6) is 19.3. The molecule has 4 heteroatoms. The summed E-state index contributed by atoms with van der Waals surface area (Å²) in [6.45, 7) is 4.76. The van der Waals surface area contributed by atoms with E-state index < -0.39 is 0 Å². The summed E-state index contributed by atoms with van der Waals surface area (Å²) in [7, 11) is 0. The van der Waals surface area contributed by atoms with E-state index >= 15 is 0 Å². The minimum atomic E-state index is -0.369. The van der Waals surface area contributed by atoms with Crippen molar-refractivity contribution < 1.29 is 19.1 Å². The van der Waals surface area contributed by atoms with E-state index in [2.05, 4.69) is 35.5 Å². The summed E-state index contributed by atoms with van der Waals surface area (Å²) < 4.78 is 10.2. The summed E-state index contributed by atoms with van der Waals surface area (Å²) in [5.41, 5.74) is 5.99. The highest BCUT2D eigenvalue weighted by Gasteiger charge is 2.00. The van der Waals surface area contributed by atoms with Crippen LogP contribution < -0.4 is 9.47 Å². The maximum absolute atomic E-state index is 11.1. The molecule has 4 aromatic carbocycles. The van der Waals surface area contributed by atoms with Gasteiger partial charge < -0.3 is 9.47 Å². The topological polar surface area (TPSA) is 52.6 Å². The van der Waals surface area contributed by atoms with E-state index in [-0.39, 0.29) is 11.9 Å². The normalized spacial score (nSPS) is 9.51. The van der Waals surface area contributed by atoms with Gasteiger partial charge in [0.05, 0.1) is 0 Å². The Balaban J connectivity index is 1.64. The zero-order valence-corrected chi connectivity index (χ0v) is 21.8. The third-order valence-electron chi connectivity index (χ3n) is 5.27. The molecule has 0 spiro atoms. The van der Waals surface area contributed by atoms with Gasteiger partial charge in [0, 0.05) is 47.2 Å². The van der Waals surface area contributed by atoms with Gasteiger partial charge in [-0.1, -0.05) is 53.2 Å². The lowest BCUT2D eigenvalue weighted by Gasteiger charge is -2.00. The van der Waals surface area contributed by atoms with Gasteiger partial charge in [0.1, 0.15) is 11.5 Å². The van der Waals surface area contributed by atoms with Crippen molar-refractivity contribution in [1.29, 1.82) is 0 Å². The highest BCUT2D eigenvalue weighted by atomic mass is 16.5. The molecule has 0 aliphatic heterocycles. The third kappa shape index (κ3) is 8.54. The van der Waals surface area contributed by atoms with E-state index in [1.807, 2.05) is 49.4 Å². The Morgan fingerprint density at radius 3 is 1.05 bits per heavy atom. The van der Waals surface area contributed by atoms with E-state index in [0.29, 0.717) is 11.5 Å². The van der Waals surface area contributed by atoms with Crippen LogP contribution >= 0.6 is 0 Å².